The minimum atomic E-state index is -0.165. The number of carbonyl (C=O) groups excluding carboxylic acids is 2. The molecule has 1 atom stereocenters. The van der Waals surface area contributed by atoms with Gasteiger partial charge in [-0.2, -0.15) is 0 Å². The summed E-state index contributed by atoms with van der Waals surface area (Å²) in [5.74, 6) is -0.226. The summed E-state index contributed by atoms with van der Waals surface area (Å²) in [7, 11) is 0. The van der Waals surface area contributed by atoms with Crippen molar-refractivity contribution >= 4 is 41.5 Å². The molecule has 0 aromatic heterocycles. The zero-order valence-electron chi connectivity index (χ0n) is 14.1. The molecule has 7 heteroatoms. The second kappa shape index (κ2) is 9.41. The maximum absolute atomic E-state index is 12.5. The number of hydrogen-bond donors (Lipinski definition) is 3. The van der Waals surface area contributed by atoms with E-state index in [1.165, 1.54) is 6.42 Å². The molecule has 5 nitrogen and oxygen atoms in total. The Hall–Kier alpha value is -1.30. The van der Waals surface area contributed by atoms with Gasteiger partial charge in [-0.25, -0.2) is 0 Å². The molecule has 1 aliphatic carbocycles. The van der Waals surface area contributed by atoms with Gasteiger partial charge in [0.25, 0.3) is 5.91 Å². The van der Waals surface area contributed by atoms with Crippen LogP contribution in [0.15, 0.2) is 18.2 Å². The molecule has 1 aromatic rings. The minimum absolute atomic E-state index is 0. The number of benzene rings is 1. The normalized spacial score (nSPS) is 20.6. The van der Waals surface area contributed by atoms with Crippen LogP contribution in [0.4, 0.5) is 5.69 Å². The smallest absolute Gasteiger partial charge is 0.253 e. The zero-order chi connectivity index (χ0) is 16.9. The van der Waals surface area contributed by atoms with Crippen molar-refractivity contribution in [2.24, 2.45) is 0 Å². The van der Waals surface area contributed by atoms with E-state index >= 15 is 0 Å². The first-order chi connectivity index (χ1) is 11.6. The van der Waals surface area contributed by atoms with Crippen LogP contribution < -0.4 is 16.0 Å². The van der Waals surface area contributed by atoms with Crippen LogP contribution >= 0.6 is 24.0 Å². The van der Waals surface area contributed by atoms with Gasteiger partial charge >= 0.3 is 0 Å². The van der Waals surface area contributed by atoms with Crippen LogP contribution in [-0.2, 0) is 4.79 Å². The van der Waals surface area contributed by atoms with E-state index in [1.54, 1.807) is 18.2 Å². The number of hydrogen-bond acceptors (Lipinski definition) is 3. The fraction of sp³-hybridized carbons (Fsp3) is 0.556. The van der Waals surface area contributed by atoms with Crippen molar-refractivity contribution in [1.29, 1.82) is 0 Å². The van der Waals surface area contributed by atoms with Gasteiger partial charge in [0.15, 0.2) is 0 Å². The summed E-state index contributed by atoms with van der Waals surface area (Å²) in [5, 5.41) is 9.50. The molecule has 1 aliphatic heterocycles. The Morgan fingerprint density at radius 2 is 1.84 bits per heavy atom. The highest BCUT2D eigenvalue weighted by Gasteiger charge is 2.23. The monoisotopic (exact) mass is 385 g/mol. The fourth-order valence-corrected chi connectivity index (χ4v) is 3.63. The lowest BCUT2D eigenvalue weighted by molar-refractivity contribution is -0.117. The van der Waals surface area contributed by atoms with Gasteiger partial charge in [0, 0.05) is 11.7 Å². The molecule has 3 N–H and O–H groups in total. The highest BCUT2D eigenvalue weighted by molar-refractivity contribution is 6.34. The van der Waals surface area contributed by atoms with Crippen LogP contribution in [-0.4, -0.2) is 30.4 Å². The van der Waals surface area contributed by atoms with E-state index < -0.39 is 0 Å². The van der Waals surface area contributed by atoms with Crippen molar-refractivity contribution in [2.75, 3.05) is 11.9 Å². The Labute approximate surface area is 159 Å². The first-order valence-corrected chi connectivity index (χ1v) is 9.16. The topological polar surface area (TPSA) is 70.2 Å². The second-order valence-corrected chi connectivity index (χ2v) is 7.05. The Morgan fingerprint density at radius 3 is 2.52 bits per heavy atom. The number of amides is 2. The van der Waals surface area contributed by atoms with Crippen LogP contribution in [0.3, 0.4) is 0 Å². The molecule has 1 saturated heterocycles. The molecular weight excluding hydrogens is 361 g/mol. The van der Waals surface area contributed by atoms with Crippen molar-refractivity contribution in [3.8, 4) is 0 Å². The lowest BCUT2D eigenvalue weighted by atomic mass is 9.95. The Morgan fingerprint density at radius 1 is 1.08 bits per heavy atom. The molecule has 3 rings (SSSR count). The van der Waals surface area contributed by atoms with Crippen LogP contribution in [0.25, 0.3) is 0 Å². The summed E-state index contributed by atoms with van der Waals surface area (Å²) >= 11 is 6.19. The average Bonchev–Trinajstić information content (AvgIpc) is 3.12. The maximum Gasteiger partial charge on any atom is 0.253 e. The standard InChI is InChI=1S/C18H24ClN3O2.ClH/c19-15-9-8-13(22-18(24)16-7-4-10-20-16)11-14(15)17(23)21-12-5-2-1-3-6-12;/h8-9,11-12,16,20H,1-7,10H2,(H,21,23)(H,22,24);1H. The van der Waals surface area contributed by atoms with E-state index in [4.69, 9.17) is 11.6 Å². The van der Waals surface area contributed by atoms with Crippen molar-refractivity contribution < 1.29 is 9.59 Å². The molecule has 2 aliphatic rings. The third-order valence-corrected chi connectivity index (χ3v) is 5.13. The summed E-state index contributed by atoms with van der Waals surface area (Å²) < 4.78 is 0. The predicted molar refractivity (Wildman–Crippen MR) is 103 cm³/mol. The molecule has 25 heavy (non-hydrogen) atoms. The van der Waals surface area contributed by atoms with Gasteiger partial charge in [0.2, 0.25) is 5.91 Å². The van der Waals surface area contributed by atoms with E-state index in [9.17, 15) is 9.59 Å². The third kappa shape index (κ3) is 5.33. The number of carbonyl (C=O) groups is 2. The molecule has 0 bridgehead atoms. The molecule has 138 valence electrons. The van der Waals surface area contributed by atoms with E-state index in [0.717, 1.165) is 45.1 Å². The first kappa shape index (κ1) is 20.0. The summed E-state index contributed by atoms with van der Waals surface area (Å²) in [5.41, 5.74) is 1.02. The first-order valence-electron chi connectivity index (χ1n) is 8.78. The Bertz CT molecular complexity index is 612. The van der Waals surface area contributed by atoms with Crippen molar-refractivity contribution in [3.05, 3.63) is 28.8 Å². The average molecular weight is 386 g/mol. The summed E-state index contributed by atoms with van der Waals surface area (Å²) in [6, 6.07) is 5.12. The van der Waals surface area contributed by atoms with Gasteiger partial charge in [0.05, 0.1) is 16.6 Å². The highest BCUT2D eigenvalue weighted by atomic mass is 35.5. The molecule has 2 fully saturated rings. The largest absolute Gasteiger partial charge is 0.349 e. The molecule has 1 aromatic carbocycles. The molecule has 1 saturated carbocycles. The zero-order valence-corrected chi connectivity index (χ0v) is 15.7. The van der Waals surface area contributed by atoms with Gasteiger partial charge in [-0.15, -0.1) is 12.4 Å². The third-order valence-electron chi connectivity index (χ3n) is 4.80. The van der Waals surface area contributed by atoms with Crippen LogP contribution in [0.2, 0.25) is 5.02 Å². The maximum atomic E-state index is 12.5. The van der Waals surface area contributed by atoms with Crippen LogP contribution in [0, 0.1) is 0 Å². The summed E-state index contributed by atoms with van der Waals surface area (Å²) in [6.45, 7) is 0.869. The van der Waals surface area contributed by atoms with E-state index in [0.29, 0.717) is 16.3 Å². The molecule has 2 amide bonds. The van der Waals surface area contributed by atoms with Crippen molar-refractivity contribution in [1.82, 2.24) is 10.6 Å². The Kier molecular flexibility index (Phi) is 7.54. The number of rotatable bonds is 4. The lowest BCUT2D eigenvalue weighted by Gasteiger charge is -2.23. The number of halogens is 2. The summed E-state index contributed by atoms with van der Waals surface area (Å²) in [6.07, 6.45) is 7.44. The molecule has 1 unspecified atom stereocenters. The number of nitrogens with one attached hydrogen (secondary N) is 3. The predicted octanol–water partition coefficient (Wildman–Crippen LogP) is 3.51. The second-order valence-electron chi connectivity index (χ2n) is 6.64. The van der Waals surface area contributed by atoms with E-state index in [2.05, 4.69) is 16.0 Å². The van der Waals surface area contributed by atoms with Gasteiger partial charge in [-0.1, -0.05) is 30.9 Å². The molecule has 0 radical (unpaired) electrons. The van der Waals surface area contributed by atoms with Crippen LogP contribution in [0.1, 0.15) is 55.3 Å². The van der Waals surface area contributed by atoms with E-state index in [1.807, 2.05) is 0 Å². The van der Waals surface area contributed by atoms with Gasteiger partial charge in [0.1, 0.15) is 0 Å². The van der Waals surface area contributed by atoms with E-state index in [-0.39, 0.29) is 36.3 Å². The van der Waals surface area contributed by atoms with Crippen molar-refractivity contribution in [3.63, 3.8) is 0 Å². The lowest BCUT2D eigenvalue weighted by Crippen LogP contribution is -2.37. The van der Waals surface area contributed by atoms with Crippen LogP contribution in [0.5, 0.6) is 0 Å². The van der Waals surface area contributed by atoms with Crippen molar-refractivity contribution in [2.45, 2.75) is 57.0 Å². The quantitative estimate of drug-likeness (QED) is 0.742. The van der Waals surface area contributed by atoms with Gasteiger partial charge in [-0.05, 0) is 50.4 Å². The Balaban J connectivity index is 0.00000225. The van der Waals surface area contributed by atoms with Gasteiger partial charge in [-0.3, -0.25) is 9.59 Å². The SMILES string of the molecule is Cl.O=C(NC1CCCCC1)c1cc(NC(=O)C2CCCN2)ccc1Cl. The summed E-state index contributed by atoms with van der Waals surface area (Å²) in [4.78, 5) is 24.7. The van der Waals surface area contributed by atoms with Gasteiger partial charge < -0.3 is 16.0 Å². The highest BCUT2D eigenvalue weighted by Crippen LogP contribution is 2.23. The minimum Gasteiger partial charge on any atom is -0.349 e. The molecule has 1 heterocycles. The fourth-order valence-electron chi connectivity index (χ4n) is 3.42. The number of anilines is 1. The molecule has 0 spiro atoms. The molecular formula is C18H25Cl2N3O2.